The van der Waals surface area contributed by atoms with Crippen molar-refractivity contribution in [1.82, 2.24) is 0 Å². The van der Waals surface area contributed by atoms with Crippen LogP contribution in [-0.2, 0) is 24.1 Å². The fourth-order valence-corrected chi connectivity index (χ4v) is 1.75. The highest BCUT2D eigenvalue weighted by molar-refractivity contribution is 5.77. The van der Waals surface area contributed by atoms with Crippen LogP contribution in [0, 0.1) is 0 Å². The van der Waals surface area contributed by atoms with E-state index in [1.165, 1.54) is 11.1 Å². The minimum atomic E-state index is -0.249. The van der Waals surface area contributed by atoms with Gasteiger partial charge >= 0.3 is 0 Å². The van der Waals surface area contributed by atoms with Crippen LogP contribution in [0.25, 0.3) is 0 Å². The number of hydrogen-bond donors (Lipinski definition) is 1. The highest BCUT2D eigenvalue weighted by Gasteiger charge is 2.08. The topological polar surface area (TPSA) is 43.1 Å². The molecule has 0 unspecified atom stereocenters. The molecular weight excluding hydrogens is 174 g/mol. The van der Waals surface area contributed by atoms with Gasteiger partial charge in [-0.15, -0.1) is 0 Å². The van der Waals surface area contributed by atoms with E-state index in [1.54, 1.807) is 0 Å². The van der Waals surface area contributed by atoms with E-state index in [-0.39, 0.29) is 5.91 Å². The molecule has 1 rings (SSSR count). The van der Waals surface area contributed by atoms with Gasteiger partial charge in [-0.2, -0.15) is 0 Å². The molecule has 0 saturated heterocycles. The Balaban J connectivity index is 3.12. The fraction of sp³-hybridized carbons (Fsp3) is 0.417. The van der Waals surface area contributed by atoms with Crippen molar-refractivity contribution in [3.05, 3.63) is 34.9 Å². The van der Waals surface area contributed by atoms with E-state index in [0.29, 0.717) is 6.42 Å². The first kappa shape index (κ1) is 10.8. The first-order chi connectivity index (χ1) is 6.69. The Morgan fingerprint density at radius 1 is 1.21 bits per heavy atom. The van der Waals surface area contributed by atoms with Gasteiger partial charge in [-0.1, -0.05) is 32.0 Å². The first-order valence-corrected chi connectivity index (χ1v) is 5.07. The number of hydrogen-bond acceptors (Lipinski definition) is 1. The lowest BCUT2D eigenvalue weighted by molar-refractivity contribution is -0.117. The van der Waals surface area contributed by atoms with Crippen LogP contribution in [0.15, 0.2) is 18.2 Å². The Labute approximate surface area is 85.1 Å². The summed E-state index contributed by atoms with van der Waals surface area (Å²) in [6.45, 7) is 4.19. The van der Waals surface area contributed by atoms with Crippen molar-refractivity contribution in [1.29, 1.82) is 0 Å². The lowest BCUT2D eigenvalue weighted by atomic mass is 9.95. The maximum absolute atomic E-state index is 10.9. The summed E-state index contributed by atoms with van der Waals surface area (Å²) >= 11 is 0. The Morgan fingerprint density at radius 2 is 1.71 bits per heavy atom. The summed E-state index contributed by atoms with van der Waals surface area (Å²) in [6.07, 6.45) is 2.28. The zero-order valence-electron chi connectivity index (χ0n) is 8.84. The van der Waals surface area contributed by atoms with Crippen LogP contribution >= 0.6 is 0 Å². The Hall–Kier alpha value is -1.31. The van der Waals surface area contributed by atoms with E-state index in [0.717, 1.165) is 18.4 Å². The highest BCUT2D eigenvalue weighted by atomic mass is 16.1. The van der Waals surface area contributed by atoms with Gasteiger partial charge in [-0.25, -0.2) is 0 Å². The van der Waals surface area contributed by atoms with E-state index in [2.05, 4.69) is 26.0 Å². The molecule has 0 heterocycles. The minimum absolute atomic E-state index is 0.249. The Bertz CT molecular complexity index is 309. The van der Waals surface area contributed by atoms with Gasteiger partial charge in [0.1, 0.15) is 0 Å². The third-order valence-corrected chi connectivity index (χ3v) is 2.48. The second-order valence-electron chi connectivity index (χ2n) is 3.41. The third kappa shape index (κ3) is 2.34. The van der Waals surface area contributed by atoms with Gasteiger partial charge in [0.2, 0.25) is 5.91 Å². The molecular formula is C12H17NO. The molecule has 0 aromatic heterocycles. The summed E-state index contributed by atoms with van der Waals surface area (Å²) < 4.78 is 0. The SMILES string of the molecule is CCc1cccc(CC)c1CC(N)=O. The van der Waals surface area contributed by atoms with Crippen LogP contribution in [0.1, 0.15) is 30.5 Å². The molecule has 2 nitrogen and oxygen atoms in total. The molecule has 14 heavy (non-hydrogen) atoms. The molecule has 1 aromatic carbocycles. The molecule has 0 aliphatic heterocycles. The van der Waals surface area contributed by atoms with Crippen molar-refractivity contribution >= 4 is 5.91 Å². The average molecular weight is 191 g/mol. The Morgan fingerprint density at radius 3 is 2.07 bits per heavy atom. The number of carbonyl (C=O) groups is 1. The number of primary amides is 1. The van der Waals surface area contributed by atoms with E-state index in [9.17, 15) is 4.79 Å². The molecule has 1 amide bonds. The molecule has 0 aliphatic rings. The zero-order chi connectivity index (χ0) is 10.6. The lowest BCUT2D eigenvalue weighted by Gasteiger charge is -2.10. The molecule has 2 N–H and O–H groups in total. The molecule has 2 heteroatoms. The van der Waals surface area contributed by atoms with Gasteiger partial charge in [-0.05, 0) is 29.5 Å². The molecule has 0 atom stereocenters. The Kier molecular flexibility index (Phi) is 3.69. The summed E-state index contributed by atoms with van der Waals surface area (Å²) in [7, 11) is 0. The van der Waals surface area contributed by atoms with Crippen molar-refractivity contribution in [3.8, 4) is 0 Å². The zero-order valence-corrected chi connectivity index (χ0v) is 8.84. The summed E-state index contributed by atoms with van der Waals surface area (Å²) in [5.74, 6) is -0.249. The number of carbonyl (C=O) groups excluding carboxylic acids is 1. The number of nitrogens with two attached hydrogens (primary N) is 1. The molecule has 0 spiro atoms. The average Bonchev–Trinajstić information content (AvgIpc) is 2.17. The van der Waals surface area contributed by atoms with E-state index in [1.807, 2.05) is 6.07 Å². The number of rotatable bonds is 4. The predicted molar refractivity (Wildman–Crippen MR) is 58.1 cm³/mol. The largest absolute Gasteiger partial charge is 0.369 e. The second-order valence-corrected chi connectivity index (χ2v) is 3.41. The highest BCUT2D eigenvalue weighted by Crippen LogP contribution is 2.16. The van der Waals surface area contributed by atoms with Crippen LogP contribution in [0.5, 0.6) is 0 Å². The molecule has 0 aliphatic carbocycles. The predicted octanol–water partition coefficient (Wildman–Crippen LogP) is 1.84. The van der Waals surface area contributed by atoms with Crippen molar-refractivity contribution in [2.24, 2.45) is 5.73 Å². The molecule has 0 radical (unpaired) electrons. The maximum Gasteiger partial charge on any atom is 0.221 e. The summed E-state index contributed by atoms with van der Waals surface area (Å²) in [5, 5.41) is 0. The van der Waals surface area contributed by atoms with Crippen LogP contribution in [0.2, 0.25) is 0 Å². The van der Waals surface area contributed by atoms with Gasteiger partial charge in [0.15, 0.2) is 0 Å². The van der Waals surface area contributed by atoms with Crippen molar-refractivity contribution in [2.75, 3.05) is 0 Å². The first-order valence-electron chi connectivity index (χ1n) is 5.07. The number of benzene rings is 1. The fourth-order valence-electron chi connectivity index (χ4n) is 1.75. The van der Waals surface area contributed by atoms with Gasteiger partial charge in [0.25, 0.3) is 0 Å². The van der Waals surface area contributed by atoms with Gasteiger partial charge in [-0.3, -0.25) is 4.79 Å². The van der Waals surface area contributed by atoms with E-state index < -0.39 is 0 Å². The van der Waals surface area contributed by atoms with Gasteiger partial charge in [0, 0.05) is 0 Å². The van der Waals surface area contributed by atoms with E-state index >= 15 is 0 Å². The van der Waals surface area contributed by atoms with Crippen LogP contribution in [0.3, 0.4) is 0 Å². The summed E-state index contributed by atoms with van der Waals surface area (Å²) in [4.78, 5) is 10.9. The van der Waals surface area contributed by atoms with Crippen molar-refractivity contribution in [3.63, 3.8) is 0 Å². The van der Waals surface area contributed by atoms with Crippen LogP contribution in [-0.4, -0.2) is 5.91 Å². The normalized spacial score (nSPS) is 10.1. The maximum atomic E-state index is 10.9. The minimum Gasteiger partial charge on any atom is -0.369 e. The number of amides is 1. The van der Waals surface area contributed by atoms with Gasteiger partial charge < -0.3 is 5.73 Å². The quantitative estimate of drug-likeness (QED) is 0.775. The van der Waals surface area contributed by atoms with Crippen LogP contribution < -0.4 is 5.73 Å². The molecule has 0 fully saturated rings. The van der Waals surface area contributed by atoms with Gasteiger partial charge in [0.05, 0.1) is 6.42 Å². The van der Waals surface area contributed by atoms with Crippen molar-refractivity contribution < 1.29 is 4.79 Å². The number of aryl methyl sites for hydroxylation is 2. The molecule has 1 aromatic rings. The smallest absolute Gasteiger partial charge is 0.221 e. The monoisotopic (exact) mass is 191 g/mol. The van der Waals surface area contributed by atoms with Crippen molar-refractivity contribution in [2.45, 2.75) is 33.1 Å². The summed E-state index contributed by atoms with van der Waals surface area (Å²) in [6, 6.07) is 6.18. The van der Waals surface area contributed by atoms with E-state index in [4.69, 9.17) is 5.73 Å². The molecule has 76 valence electrons. The van der Waals surface area contributed by atoms with Crippen LogP contribution in [0.4, 0.5) is 0 Å². The molecule has 0 bridgehead atoms. The summed E-state index contributed by atoms with van der Waals surface area (Å²) in [5.41, 5.74) is 8.84. The second kappa shape index (κ2) is 4.80. The molecule has 0 saturated carbocycles. The third-order valence-electron chi connectivity index (χ3n) is 2.48. The standard InChI is InChI=1S/C12H17NO/c1-3-9-6-5-7-10(4-2)11(9)8-12(13)14/h5-7H,3-4,8H2,1-2H3,(H2,13,14). The lowest BCUT2D eigenvalue weighted by Crippen LogP contribution is -2.16.